The summed E-state index contributed by atoms with van der Waals surface area (Å²) in [6.45, 7) is 0.747. The van der Waals surface area contributed by atoms with Crippen molar-refractivity contribution < 1.29 is 17.9 Å². The fraction of sp³-hybridized carbons (Fsp3) is 0.273. The van der Waals surface area contributed by atoms with Crippen molar-refractivity contribution in [3.8, 4) is 5.75 Å². The Morgan fingerprint density at radius 3 is 2.43 bits per heavy atom. The van der Waals surface area contributed by atoms with Gasteiger partial charge in [-0.3, -0.25) is 4.79 Å². The number of piperidine rings is 1. The molecule has 0 unspecified atom stereocenters. The SMILES string of the molecule is COc1ccc2nc(C(=O)N3CCC(S(=O)(=O)c4ccc(Cl)cc4)CC3)ccc2c1. The number of nitrogens with zero attached hydrogens (tertiary/aromatic N) is 2. The molecule has 0 atom stereocenters. The van der Waals surface area contributed by atoms with Crippen molar-refractivity contribution in [1.29, 1.82) is 0 Å². The minimum absolute atomic E-state index is 0.185. The molecule has 1 aliphatic rings. The molecule has 30 heavy (non-hydrogen) atoms. The molecule has 4 rings (SSSR count). The van der Waals surface area contributed by atoms with Crippen LogP contribution in [0.25, 0.3) is 10.9 Å². The van der Waals surface area contributed by atoms with Crippen LogP contribution in [-0.2, 0) is 9.84 Å². The Hall–Kier alpha value is -2.64. The van der Waals surface area contributed by atoms with E-state index in [1.807, 2.05) is 18.2 Å². The summed E-state index contributed by atoms with van der Waals surface area (Å²) < 4.78 is 31.0. The van der Waals surface area contributed by atoms with Crippen LogP contribution in [0.2, 0.25) is 5.02 Å². The Bertz CT molecular complexity index is 1190. The van der Waals surface area contributed by atoms with Gasteiger partial charge in [0.05, 0.1) is 22.8 Å². The van der Waals surface area contributed by atoms with Crippen molar-refractivity contribution in [2.45, 2.75) is 23.0 Å². The van der Waals surface area contributed by atoms with Gasteiger partial charge >= 0.3 is 0 Å². The highest BCUT2D eigenvalue weighted by molar-refractivity contribution is 7.92. The lowest BCUT2D eigenvalue weighted by Crippen LogP contribution is -2.42. The van der Waals surface area contributed by atoms with Crippen molar-refractivity contribution in [2.75, 3.05) is 20.2 Å². The topological polar surface area (TPSA) is 76.6 Å². The average Bonchev–Trinajstić information content (AvgIpc) is 2.78. The van der Waals surface area contributed by atoms with Gasteiger partial charge in [0.2, 0.25) is 0 Å². The number of fused-ring (bicyclic) bond motifs is 1. The second kappa shape index (κ2) is 8.24. The predicted octanol–water partition coefficient (Wildman–Crippen LogP) is 3.98. The number of carbonyl (C=O) groups excluding carboxylic acids is 1. The third-order valence-corrected chi connectivity index (χ3v) is 7.96. The van der Waals surface area contributed by atoms with Crippen molar-refractivity contribution in [3.05, 3.63) is 65.3 Å². The van der Waals surface area contributed by atoms with Crippen LogP contribution in [0.5, 0.6) is 5.75 Å². The van der Waals surface area contributed by atoms with E-state index in [2.05, 4.69) is 4.98 Å². The summed E-state index contributed by atoms with van der Waals surface area (Å²) in [4.78, 5) is 19.3. The summed E-state index contributed by atoms with van der Waals surface area (Å²) in [6, 6.07) is 15.2. The molecule has 8 heteroatoms. The van der Waals surface area contributed by atoms with Crippen LogP contribution in [0, 0.1) is 0 Å². The van der Waals surface area contributed by atoms with Gasteiger partial charge < -0.3 is 9.64 Å². The number of rotatable bonds is 4. The molecule has 6 nitrogen and oxygen atoms in total. The maximum atomic E-state index is 12.9. The molecule has 2 heterocycles. The molecule has 1 aromatic heterocycles. The third-order valence-electron chi connectivity index (χ3n) is 5.43. The molecular formula is C22H21ClN2O4S. The van der Waals surface area contributed by atoms with E-state index in [0.717, 1.165) is 11.1 Å². The van der Waals surface area contributed by atoms with E-state index in [9.17, 15) is 13.2 Å². The Balaban J connectivity index is 1.46. The van der Waals surface area contributed by atoms with E-state index in [0.29, 0.717) is 42.2 Å². The highest BCUT2D eigenvalue weighted by Crippen LogP contribution is 2.27. The summed E-state index contributed by atoms with van der Waals surface area (Å²) >= 11 is 5.86. The molecule has 0 radical (unpaired) electrons. The zero-order valence-electron chi connectivity index (χ0n) is 16.4. The number of carbonyl (C=O) groups is 1. The van der Waals surface area contributed by atoms with Crippen LogP contribution in [0.3, 0.4) is 0 Å². The zero-order chi connectivity index (χ0) is 21.3. The van der Waals surface area contributed by atoms with Crippen molar-refractivity contribution in [3.63, 3.8) is 0 Å². The Labute approximate surface area is 180 Å². The standard InChI is InChI=1S/C22H21ClN2O4S/c1-29-17-5-9-20-15(14-17)2-8-21(24-20)22(26)25-12-10-19(11-13-25)30(27,28)18-6-3-16(23)4-7-18/h2-9,14,19H,10-13H2,1H3. The van der Waals surface area contributed by atoms with Gasteiger partial charge in [-0.05, 0) is 61.4 Å². The molecule has 156 valence electrons. The van der Waals surface area contributed by atoms with Gasteiger partial charge in [0.25, 0.3) is 5.91 Å². The number of halogens is 1. The van der Waals surface area contributed by atoms with E-state index in [-0.39, 0.29) is 10.8 Å². The third kappa shape index (κ3) is 4.00. The molecule has 1 aliphatic heterocycles. The number of benzene rings is 2. The van der Waals surface area contributed by atoms with Crippen LogP contribution in [0.15, 0.2) is 59.5 Å². The van der Waals surface area contributed by atoms with Crippen LogP contribution >= 0.6 is 11.6 Å². The molecule has 2 aromatic carbocycles. The Morgan fingerprint density at radius 1 is 1.07 bits per heavy atom. The molecule has 0 N–H and O–H groups in total. The Morgan fingerprint density at radius 2 is 1.77 bits per heavy atom. The quantitative estimate of drug-likeness (QED) is 0.608. The van der Waals surface area contributed by atoms with Gasteiger partial charge in [-0.25, -0.2) is 13.4 Å². The van der Waals surface area contributed by atoms with Gasteiger partial charge in [0, 0.05) is 23.5 Å². The summed E-state index contributed by atoms with van der Waals surface area (Å²) in [7, 11) is -1.85. The molecule has 3 aromatic rings. The van der Waals surface area contributed by atoms with E-state index in [1.54, 1.807) is 36.3 Å². The molecular weight excluding hydrogens is 424 g/mol. The lowest BCUT2D eigenvalue weighted by Gasteiger charge is -2.31. The summed E-state index contributed by atoms with van der Waals surface area (Å²) in [6.07, 6.45) is 0.781. The number of hydrogen-bond acceptors (Lipinski definition) is 5. The van der Waals surface area contributed by atoms with E-state index < -0.39 is 15.1 Å². The maximum Gasteiger partial charge on any atom is 0.272 e. The second-order valence-electron chi connectivity index (χ2n) is 7.25. The lowest BCUT2D eigenvalue weighted by molar-refractivity contribution is 0.0720. The minimum Gasteiger partial charge on any atom is -0.497 e. The normalized spacial score (nSPS) is 15.3. The van der Waals surface area contributed by atoms with E-state index >= 15 is 0 Å². The van der Waals surface area contributed by atoms with Crippen LogP contribution in [0.1, 0.15) is 23.3 Å². The molecule has 0 spiro atoms. The van der Waals surface area contributed by atoms with Gasteiger partial charge in [-0.1, -0.05) is 17.7 Å². The molecule has 1 fully saturated rings. The first-order valence-corrected chi connectivity index (χ1v) is 11.5. The predicted molar refractivity (Wildman–Crippen MR) is 116 cm³/mol. The lowest BCUT2D eigenvalue weighted by atomic mass is 10.1. The number of sulfone groups is 1. The molecule has 1 amide bonds. The monoisotopic (exact) mass is 444 g/mol. The van der Waals surface area contributed by atoms with E-state index in [4.69, 9.17) is 16.3 Å². The molecule has 1 saturated heterocycles. The summed E-state index contributed by atoms with van der Waals surface area (Å²) in [5, 5.41) is 0.870. The van der Waals surface area contributed by atoms with Gasteiger partial charge in [-0.15, -0.1) is 0 Å². The summed E-state index contributed by atoms with van der Waals surface area (Å²) in [5.41, 5.74) is 1.06. The number of aromatic nitrogens is 1. The molecule has 0 aliphatic carbocycles. The zero-order valence-corrected chi connectivity index (χ0v) is 18.0. The number of ether oxygens (including phenoxy) is 1. The average molecular weight is 445 g/mol. The van der Waals surface area contributed by atoms with Crippen LogP contribution in [0.4, 0.5) is 0 Å². The highest BCUT2D eigenvalue weighted by Gasteiger charge is 2.33. The first-order chi connectivity index (χ1) is 14.4. The van der Waals surface area contributed by atoms with Crippen molar-refractivity contribution in [1.82, 2.24) is 9.88 Å². The molecule has 0 saturated carbocycles. The van der Waals surface area contributed by atoms with Crippen molar-refractivity contribution in [2.24, 2.45) is 0 Å². The number of hydrogen-bond donors (Lipinski definition) is 0. The smallest absolute Gasteiger partial charge is 0.272 e. The van der Waals surface area contributed by atoms with Crippen molar-refractivity contribution >= 4 is 38.2 Å². The maximum absolute atomic E-state index is 12.9. The van der Waals surface area contributed by atoms with E-state index in [1.165, 1.54) is 12.1 Å². The number of likely N-dealkylation sites (tertiary alicyclic amines) is 1. The fourth-order valence-corrected chi connectivity index (χ4v) is 5.56. The highest BCUT2D eigenvalue weighted by atomic mass is 35.5. The Kier molecular flexibility index (Phi) is 5.66. The summed E-state index contributed by atoms with van der Waals surface area (Å²) in [5.74, 6) is 0.544. The van der Waals surface area contributed by atoms with Gasteiger partial charge in [-0.2, -0.15) is 0 Å². The van der Waals surface area contributed by atoms with Crippen LogP contribution < -0.4 is 4.74 Å². The number of amides is 1. The fourth-order valence-electron chi connectivity index (χ4n) is 3.70. The van der Waals surface area contributed by atoms with Crippen LogP contribution in [-0.4, -0.2) is 49.7 Å². The molecule has 0 bridgehead atoms. The number of methoxy groups -OCH3 is 1. The first-order valence-electron chi connectivity index (χ1n) is 9.62. The second-order valence-corrected chi connectivity index (χ2v) is 9.91. The number of pyridine rings is 1. The van der Waals surface area contributed by atoms with Gasteiger partial charge in [0.1, 0.15) is 11.4 Å². The largest absolute Gasteiger partial charge is 0.497 e. The minimum atomic E-state index is -3.45. The van der Waals surface area contributed by atoms with Gasteiger partial charge in [0.15, 0.2) is 9.84 Å². The first kappa shape index (κ1) is 20.6.